The van der Waals surface area contributed by atoms with Crippen LogP contribution in [0.3, 0.4) is 0 Å². The predicted molar refractivity (Wildman–Crippen MR) is 162 cm³/mol. The first-order valence-corrected chi connectivity index (χ1v) is 13.1. The van der Waals surface area contributed by atoms with Crippen molar-refractivity contribution in [2.45, 2.75) is 13.8 Å². The van der Waals surface area contributed by atoms with Crippen LogP contribution in [0.15, 0.2) is 120 Å². The SMILES string of the molecule is Cc1ccc(N(c2ccc3ccc4cccc5ccc2c3c45)c2cccc3c2oc2c(C)cccc23)cc1. The van der Waals surface area contributed by atoms with Crippen molar-refractivity contribution in [3.8, 4) is 0 Å². The largest absolute Gasteiger partial charge is 0.454 e. The van der Waals surface area contributed by atoms with Gasteiger partial charge >= 0.3 is 0 Å². The molecule has 0 unspecified atom stereocenters. The van der Waals surface area contributed by atoms with E-state index in [0.29, 0.717) is 0 Å². The van der Waals surface area contributed by atoms with E-state index in [1.54, 1.807) is 0 Å². The summed E-state index contributed by atoms with van der Waals surface area (Å²) in [5.74, 6) is 0. The summed E-state index contributed by atoms with van der Waals surface area (Å²) in [4.78, 5) is 2.37. The van der Waals surface area contributed by atoms with Crippen LogP contribution in [0.1, 0.15) is 11.1 Å². The highest BCUT2D eigenvalue weighted by Gasteiger charge is 2.22. The molecule has 0 spiro atoms. The first kappa shape index (κ1) is 21.3. The van der Waals surface area contributed by atoms with Gasteiger partial charge in [-0.3, -0.25) is 0 Å². The molecule has 8 rings (SSSR count). The molecule has 2 nitrogen and oxygen atoms in total. The molecular weight excluding hydrogens is 462 g/mol. The predicted octanol–water partition coefficient (Wildman–Crippen LogP) is 10.6. The van der Waals surface area contributed by atoms with Gasteiger partial charge in [-0.05, 0) is 70.6 Å². The molecule has 0 amide bonds. The number of nitrogens with zero attached hydrogens (tertiary/aromatic N) is 1. The zero-order chi connectivity index (χ0) is 25.4. The van der Waals surface area contributed by atoms with Crippen molar-refractivity contribution in [2.24, 2.45) is 0 Å². The molecule has 0 fully saturated rings. The minimum atomic E-state index is 0.906. The van der Waals surface area contributed by atoms with Crippen LogP contribution in [0.4, 0.5) is 17.1 Å². The molecule has 2 heteroatoms. The highest BCUT2D eigenvalue weighted by molar-refractivity contribution is 6.26. The van der Waals surface area contributed by atoms with E-state index in [4.69, 9.17) is 4.42 Å². The Balaban J connectivity index is 1.50. The van der Waals surface area contributed by atoms with Crippen molar-refractivity contribution in [2.75, 3.05) is 4.90 Å². The van der Waals surface area contributed by atoms with E-state index in [1.165, 1.54) is 37.9 Å². The second-order valence-corrected chi connectivity index (χ2v) is 10.3. The molecule has 8 aromatic rings. The van der Waals surface area contributed by atoms with Crippen LogP contribution in [0.2, 0.25) is 0 Å². The van der Waals surface area contributed by atoms with E-state index in [0.717, 1.165) is 44.6 Å². The van der Waals surface area contributed by atoms with E-state index in [1.807, 2.05) is 0 Å². The maximum atomic E-state index is 6.65. The topological polar surface area (TPSA) is 16.4 Å². The molecule has 0 radical (unpaired) electrons. The number of fused-ring (bicyclic) bond motifs is 3. The number of furan rings is 1. The van der Waals surface area contributed by atoms with Crippen molar-refractivity contribution >= 4 is 71.3 Å². The third-order valence-corrected chi connectivity index (χ3v) is 7.98. The van der Waals surface area contributed by atoms with Gasteiger partial charge in [-0.2, -0.15) is 0 Å². The van der Waals surface area contributed by atoms with E-state index >= 15 is 0 Å². The van der Waals surface area contributed by atoms with Crippen molar-refractivity contribution in [3.05, 3.63) is 126 Å². The molecule has 38 heavy (non-hydrogen) atoms. The molecule has 0 aliphatic heterocycles. The molecule has 7 aromatic carbocycles. The summed E-state index contributed by atoms with van der Waals surface area (Å²) < 4.78 is 6.65. The highest BCUT2D eigenvalue weighted by atomic mass is 16.3. The van der Waals surface area contributed by atoms with Crippen LogP contribution in [0.5, 0.6) is 0 Å². The van der Waals surface area contributed by atoms with Gasteiger partial charge in [0.1, 0.15) is 5.58 Å². The number of hydrogen-bond donors (Lipinski definition) is 0. The molecule has 0 aliphatic carbocycles. The number of hydrogen-bond acceptors (Lipinski definition) is 2. The van der Waals surface area contributed by atoms with Gasteiger partial charge < -0.3 is 9.32 Å². The smallest absolute Gasteiger partial charge is 0.159 e. The zero-order valence-corrected chi connectivity index (χ0v) is 21.3. The number of para-hydroxylation sites is 2. The van der Waals surface area contributed by atoms with Gasteiger partial charge in [0.2, 0.25) is 0 Å². The molecule has 1 heterocycles. The van der Waals surface area contributed by atoms with Gasteiger partial charge in [0.05, 0.1) is 11.4 Å². The molecule has 0 bridgehead atoms. The molecule has 1 aromatic heterocycles. The maximum absolute atomic E-state index is 6.65. The third-order valence-electron chi connectivity index (χ3n) is 7.98. The van der Waals surface area contributed by atoms with Crippen LogP contribution in [-0.4, -0.2) is 0 Å². The summed E-state index contributed by atoms with van der Waals surface area (Å²) in [5.41, 5.74) is 7.53. The lowest BCUT2D eigenvalue weighted by molar-refractivity contribution is 0.666. The van der Waals surface area contributed by atoms with Crippen molar-refractivity contribution < 1.29 is 4.42 Å². The molecular formula is C36H25NO. The van der Waals surface area contributed by atoms with Crippen molar-refractivity contribution in [1.29, 1.82) is 0 Å². The Kier molecular flexibility index (Phi) is 4.39. The lowest BCUT2D eigenvalue weighted by atomic mass is 9.93. The standard InChI is InChI=1S/C36H25NO/c1-22-12-18-27(19-13-22)37(32-11-5-10-29-28-9-3-6-23(2)35(28)38-36(29)32)31-21-17-26-15-14-24-7-4-8-25-16-20-30(31)34(26)33(24)25/h3-21H,1-2H3. The fraction of sp³-hybridized carbons (Fsp3) is 0.0556. The molecule has 0 atom stereocenters. The Labute approximate surface area is 220 Å². The monoisotopic (exact) mass is 487 g/mol. The maximum Gasteiger partial charge on any atom is 0.159 e. The lowest BCUT2D eigenvalue weighted by Gasteiger charge is -2.27. The molecule has 0 saturated carbocycles. The second kappa shape index (κ2) is 7.84. The lowest BCUT2D eigenvalue weighted by Crippen LogP contribution is -2.11. The number of rotatable bonds is 3. The molecule has 0 saturated heterocycles. The Bertz CT molecular complexity index is 2130. The summed E-state index contributed by atoms with van der Waals surface area (Å²) in [5, 5.41) is 9.96. The Morgan fingerprint density at radius 3 is 1.89 bits per heavy atom. The van der Waals surface area contributed by atoms with Crippen LogP contribution >= 0.6 is 0 Å². The summed E-state index contributed by atoms with van der Waals surface area (Å²) in [6.45, 7) is 4.25. The molecule has 180 valence electrons. The van der Waals surface area contributed by atoms with Crippen LogP contribution in [-0.2, 0) is 0 Å². The second-order valence-electron chi connectivity index (χ2n) is 10.3. The van der Waals surface area contributed by atoms with Gasteiger partial charge in [0.25, 0.3) is 0 Å². The zero-order valence-electron chi connectivity index (χ0n) is 21.3. The van der Waals surface area contributed by atoms with Crippen LogP contribution in [0.25, 0.3) is 54.3 Å². The van der Waals surface area contributed by atoms with E-state index in [2.05, 4.69) is 134 Å². The average Bonchev–Trinajstić information content (AvgIpc) is 3.34. The van der Waals surface area contributed by atoms with Gasteiger partial charge in [-0.1, -0.05) is 96.6 Å². The number of aryl methyl sites for hydroxylation is 2. The van der Waals surface area contributed by atoms with Gasteiger partial charge in [-0.15, -0.1) is 0 Å². The normalized spacial score (nSPS) is 11.9. The summed E-state index contributed by atoms with van der Waals surface area (Å²) in [7, 11) is 0. The molecule has 0 N–H and O–H groups in total. The quantitative estimate of drug-likeness (QED) is 0.230. The first-order chi connectivity index (χ1) is 18.7. The first-order valence-electron chi connectivity index (χ1n) is 13.1. The van der Waals surface area contributed by atoms with E-state index in [-0.39, 0.29) is 0 Å². The van der Waals surface area contributed by atoms with Gasteiger partial charge in [0.15, 0.2) is 5.58 Å². The number of benzene rings is 7. The summed E-state index contributed by atoms with van der Waals surface area (Å²) in [6, 6.07) is 41.8. The minimum absolute atomic E-state index is 0.906. The third kappa shape index (κ3) is 2.95. The Morgan fingerprint density at radius 1 is 0.474 bits per heavy atom. The average molecular weight is 488 g/mol. The van der Waals surface area contributed by atoms with Crippen molar-refractivity contribution in [3.63, 3.8) is 0 Å². The Morgan fingerprint density at radius 2 is 1.11 bits per heavy atom. The summed E-state index contributed by atoms with van der Waals surface area (Å²) in [6.07, 6.45) is 0. The van der Waals surface area contributed by atoms with Gasteiger partial charge in [0, 0.05) is 21.8 Å². The summed E-state index contributed by atoms with van der Waals surface area (Å²) >= 11 is 0. The van der Waals surface area contributed by atoms with Crippen LogP contribution in [0, 0.1) is 13.8 Å². The van der Waals surface area contributed by atoms with Crippen LogP contribution < -0.4 is 4.90 Å². The fourth-order valence-electron chi connectivity index (χ4n) is 6.14. The highest BCUT2D eigenvalue weighted by Crippen LogP contribution is 2.46. The molecule has 0 aliphatic rings. The minimum Gasteiger partial charge on any atom is -0.454 e. The number of anilines is 3. The van der Waals surface area contributed by atoms with Crippen molar-refractivity contribution in [1.82, 2.24) is 0 Å². The Hall–Kier alpha value is -4.82. The fourth-order valence-corrected chi connectivity index (χ4v) is 6.14. The van der Waals surface area contributed by atoms with Gasteiger partial charge in [-0.25, -0.2) is 0 Å². The van der Waals surface area contributed by atoms with E-state index < -0.39 is 0 Å². The van der Waals surface area contributed by atoms with E-state index in [9.17, 15) is 0 Å².